The van der Waals surface area contributed by atoms with Crippen molar-refractivity contribution in [1.82, 2.24) is 0 Å². The number of ether oxygens (including phenoxy) is 1. The summed E-state index contributed by atoms with van der Waals surface area (Å²) in [5.41, 5.74) is 10.5. The number of hydrogen-bond donors (Lipinski definition) is 0. The quantitative estimate of drug-likeness (QED) is 0.153. The highest BCUT2D eigenvalue weighted by atomic mass is 16.5. The van der Waals surface area contributed by atoms with Gasteiger partial charge in [0.2, 0.25) is 0 Å². The third kappa shape index (κ3) is 5.59. The van der Waals surface area contributed by atoms with Crippen LogP contribution < -0.4 is 9.64 Å². The number of rotatable bonds is 7. The maximum absolute atomic E-state index is 5.59. The Labute approximate surface area is 321 Å². The van der Waals surface area contributed by atoms with Gasteiger partial charge in [0.1, 0.15) is 5.75 Å². The minimum absolute atomic E-state index is 0.828. The Morgan fingerprint density at radius 1 is 0.364 bits per heavy atom. The predicted molar refractivity (Wildman–Crippen MR) is 234 cm³/mol. The first-order chi connectivity index (χ1) is 27.3. The van der Waals surface area contributed by atoms with Crippen molar-refractivity contribution in [2.24, 2.45) is 0 Å². The van der Waals surface area contributed by atoms with Crippen LogP contribution in [0.15, 0.2) is 206 Å². The van der Waals surface area contributed by atoms with Crippen molar-refractivity contribution in [3.63, 3.8) is 0 Å². The molecule has 0 bridgehead atoms. The Balaban J connectivity index is 1.36. The van der Waals surface area contributed by atoms with Crippen LogP contribution >= 0.6 is 0 Å². The van der Waals surface area contributed by atoms with Gasteiger partial charge in [-0.3, -0.25) is 0 Å². The van der Waals surface area contributed by atoms with Gasteiger partial charge in [0.15, 0.2) is 0 Å². The zero-order valence-electron chi connectivity index (χ0n) is 30.5. The average molecular weight is 704 g/mol. The van der Waals surface area contributed by atoms with Crippen molar-refractivity contribution in [3.8, 4) is 39.1 Å². The van der Waals surface area contributed by atoms with Gasteiger partial charge in [0, 0.05) is 16.8 Å². The monoisotopic (exact) mass is 703 g/mol. The zero-order valence-corrected chi connectivity index (χ0v) is 30.5. The van der Waals surface area contributed by atoms with Crippen LogP contribution in [0.4, 0.5) is 17.1 Å². The van der Waals surface area contributed by atoms with Crippen molar-refractivity contribution >= 4 is 60.2 Å². The first kappa shape index (κ1) is 32.5. The van der Waals surface area contributed by atoms with E-state index in [-0.39, 0.29) is 0 Å². The molecule has 0 saturated carbocycles. The summed E-state index contributed by atoms with van der Waals surface area (Å²) in [6.45, 7) is 0. The maximum atomic E-state index is 5.59. The molecule has 0 atom stereocenters. The van der Waals surface area contributed by atoms with Gasteiger partial charge in [-0.25, -0.2) is 0 Å². The summed E-state index contributed by atoms with van der Waals surface area (Å²) in [4.78, 5) is 2.38. The highest BCUT2D eigenvalue weighted by Gasteiger charge is 2.23. The number of methoxy groups -OCH3 is 1. The molecular weight excluding hydrogens is 667 g/mol. The van der Waals surface area contributed by atoms with Gasteiger partial charge in [-0.1, -0.05) is 158 Å². The molecule has 2 nitrogen and oxygen atoms in total. The van der Waals surface area contributed by atoms with E-state index in [0.29, 0.717) is 0 Å². The molecule has 0 radical (unpaired) electrons. The van der Waals surface area contributed by atoms with Crippen LogP contribution in [0.3, 0.4) is 0 Å². The summed E-state index contributed by atoms with van der Waals surface area (Å²) in [5, 5.41) is 9.80. The average Bonchev–Trinajstić information content (AvgIpc) is 3.27. The van der Waals surface area contributed by atoms with Gasteiger partial charge in [-0.15, -0.1) is 0 Å². The molecule has 260 valence electrons. The molecule has 0 heterocycles. The molecular formula is C53H37NO. The maximum Gasteiger partial charge on any atom is 0.119 e. The highest BCUT2D eigenvalue weighted by Crippen LogP contribution is 2.50. The number of nitrogens with zero attached hydrogens (tertiary/aromatic N) is 1. The molecule has 0 fully saturated rings. The summed E-state index contributed by atoms with van der Waals surface area (Å²) in [6.07, 6.45) is 0. The topological polar surface area (TPSA) is 12.5 Å². The molecule has 0 spiro atoms. The van der Waals surface area contributed by atoms with E-state index >= 15 is 0 Å². The minimum atomic E-state index is 0.828. The zero-order chi connectivity index (χ0) is 36.7. The Kier molecular flexibility index (Phi) is 8.08. The molecule has 0 unspecified atom stereocenters. The molecule has 55 heavy (non-hydrogen) atoms. The lowest BCUT2D eigenvalue weighted by Crippen LogP contribution is -2.10. The minimum Gasteiger partial charge on any atom is -0.497 e. The summed E-state index contributed by atoms with van der Waals surface area (Å²) in [6, 6.07) is 74.6. The lowest BCUT2D eigenvalue weighted by Gasteiger charge is -2.28. The van der Waals surface area contributed by atoms with E-state index in [0.717, 1.165) is 22.8 Å². The van der Waals surface area contributed by atoms with Gasteiger partial charge in [-0.2, -0.15) is 0 Å². The summed E-state index contributed by atoms with van der Waals surface area (Å²) in [5.74, 6) is 0.828. The first-order valence-corrected chi connectivity index (χ1v) is 18.8. The smallest absolute Gasteiger partial charge is 0.119 e. The molecule has 0 aliphatic carbocycles. The Morgan fingerprint density at radius 2 is 0.909 bits per heavy atom. The predicted octanol–water partition coefficient (Wildman–Crippen LogP) is 14.8. The van der Waals surface area contributed by atoms with E-state index in [9.17, 15) is 0 Å². The standard InChI is InChI=1S/C53H37NO/c1-55-42-31-28-40(29-32-42)54(50-27-15-23-36-20-11-12-24-43(36)50)41-30-33-46-49(34-41)44-25-13-14-26-45(44)52-48(38-18-7-3-8-19-38)35-47(37-16-5-2-6-17-37)51(53(46)52)39-21-9-4-10-22-39/h2-35H,1H3. The van der Waals surface area contributed by atoms with E-state index in [1.165, 1.54) is 76.5 Å². The van der Waals surface area contributed by atoms with Crippen LogP contribution in [0.2, 0.25) is 0 Å². The third-order valence-corrected chi connectivity index (χ3v) is 10.9. The van der Waals surface area contributed by atoms with Gasteiger partial charge in [0.05, 0.1) is 12.8 Å². The molecule has 0 aliphatic heterocycles. The number of benzene rings is 10. The fraction of sp³-hybridized carbons (Fsp3) is 0.0189. The third-order valence-electron chi connectivity index (χ3n) is 10.9. The second-order valence-corrected chi connectivity index (χ2v) is 14.0. The van der Waals surface area contributed by atoms with Crippen molar-refractivity contribution in [1.29, 1.82) is 0 Å². The van der Waals surface area contributed by atoms with Crippen molar-refractivity contribution < 1.29 is 4.74 Å². The normalized spacial score (nSPS) is 11.4. The van der Waals surface area contributed by atoms with Crippen LogP contribution in [-0.2, 0) is 0 Å². The summed E-state index contributed by atoms with van der Waals surface area (Å²) < 4.78 is 5.59. The lowest BCUT2D eigenvalue weighted by molar-refractivity contribution is 0.415. The summed E-state index contributed by atoms with van der Waals surface area (Å²) in [7, 11) is 1.71. The van der Waals surface area contributed by atoms with Gasteiger partial charge in [0.25, 0.3) is 0 Å². The van der Waals surface area contributed by atoms with Crippen LogP contribution in [0.5, 0.6) is 5.75 Å². The van der Waals surface area contributed by atoms with Gasteiger partial charge in [-0.05, 0) is 120 Å². The first-order valence-electron chi connectivity index (χ1n) is 18.8. The molecule has 10 rings (SSSR count). The SMILES string of the molecule is COc1ccc(N(c2ccc3c(c2)c2ccccc2c2c(-c4ccccc4)cc(-c4ccccc4)c(-c4ccccc4)c32)c2cccc3ccccc23)cc1. The van der Waals surface area contributed by atoms with Crippen LogP contribution in [0.1, 0.15) is 0 Å². The largest absolute Gasteiger partial charge is 0.497 e. The highest BCUT2D eigenvalue weighted by molar-refractivity contribution is 6.33. The Bertz CT molecular complexity index is 2990. The van der Waals surface area contributed by atoms with E-state index in [4.69, 9.17) is 4.74 Å². The molecule has 0 N–H and O–H groups in total. The number of anilines is 3. The van der Waals surface area contributed by atoms with Crippen LogP contribution in [-0.4, -0.2) is 7.11 Å². The molecule has 0 saturated heterocycles. The molecule has 2 heteroatoms. The Morgan fingerprint density at radius 3 is 1.60 bits per heavy atom. The van der Waals surface area contributed by atoms with E-state index in [1.54, 1.807) is 7.11 Å². The fourth-order valence-electron chi connectivity index (χ4n) is 8.44. The molecule has 10 aromatic rings. The second kappa shape index (κ2) is 13.7. The molecule has 10 aromatic carbocycles. The fourth-order valence-corrected chi connectivity index (χ4v) is 8.44. The lowest BCUT2D eigenvalue weighted by atomic mass is 9.81. The second-order valence-electron chi connectivity index (χ2n) is 14.0. The molecule has 0 aliphatic rings. The van der Waals surface area contributed by atoms with Crippen LogP contribution in [0, 0.1) is 0 Å². The van der Waals surface area contributed by atoms with Gasteiger partial charge >= 0.3 is 0 Å². The van der Waals surface area contributed by atoms with E-state index in [2.05, 4.69) is 199 Å². The van der Waals surface area contributed by atoms with Gasteiger partial charge < -0.3 is 9.64 Å². The Hall–Kier alpha value is -7.16. The van der Waals surface area contributed by atoms with Crippen molar-refractivity contribution in [2.45, 2.75) is 0 Å². The summed E-state index contributed by atoms with van der Waals surface area (Å²) >= 11 is 0. The van der Waals surface area contributed by atoms with E-state index < -0.39 is 0 Å². The van der Waals surface area contributed by atoms with E-state index in [1.807, 2.05) is 12.1 Å². The molecule has 0 amide bonds. The number of fused-ring (bicyclic) bond motifs is 7. The molecule has 0 aromatic heterocycles. The van der Waals surface area contributed by atoms with Crippen molar-refractivity contribution in [2.75, 3.05) is 12.0 Å². The van der Waals surface area contributed by atoms with Crippen molar-refractivity contribution in [3.05, 3.63) is 206 Å². The number of hydrogen-bond acceptors (Lipinski definition) is 2. The van der Waals surface area contributed by atoms with Crippen LogP contribution in [0.25, 0.3) is 76.5 Å².